The predicted octanol–water partition coefficient (Wildman–Crippen LogP) is 2.45. The molecule has 0 atom stereocenters. The van der Waals surface area contributed by atoms with E-state index in [9.17, 15) is 5.26 Å². The summed E-state index contributed by atoms with van der Waals surface area (Å²) in [5, 5.41) is 9.39. The fraction of sp³-hybridized carbons (Fsp3) is 0.125. The molecule has 1 aromatic heterocycles. The molecule has 0 aliphatic heterocycles. The number of rotatable bonds is 4. The van der Waals surface area contributed by atoms with Gasteiger partial charge in [0.1, 0.15) is 17.6 Å². The highest BCUT2D eigenvalue weighted by Crippen LogP contribution is 2.28. The van der Waals surface area contributed by atoms with Gasteiger partial charge in [0.2, 0.25) is 0 Å². The van der Waals surface area contributed by atoms with Crippen LogP contribution in [0.3, 0.4) is 0 Å². The Bertz CT molecular complexity index is 681. The number of hydrogen-bond donors (Lipinski definition) is 1. The van der Waals surface area contributed by atoms with Crippen LogP contribution in [-0.2, 0) is 0 Å². The molecule has 1 heterocycles. The van der Waals surface area contributed by atoms with E-state index in [0.29, 0.717) is 33.9 Å². The third-order valence-electron chi connectivity index (χ3n) is 2.99. The van der Waals surface area contributed by atoms with Crippen LogP contribution in [0, 0.1) is 11.3 Å². The minimum atomic E-state index is 0.350. The molecule has 5 nitrogen and oxygen atoms in total. The van der Waals surface area contributed by atoms with Gasteiger partial charge in [0.15, 0.2) is 0 Å². The molecular formula is C16H15N3O2. The van der Waals surface area contributed by atoms with Crippen molar-refractivity contribution in [2.45, 2.75) is 0 Å². The van der Waals surface area contributed by atoms with Crippen molar-refractivity contribution < 1.29 is 9.47 Å². The van der Waals surface area contributed by atoms with Crippen LogP contribution in [0.1, 0.15) is 11.1 Å². The smallest absolute Gasteiger partial charge is 0.123 e. The van der Waals surface area contributed by atoms with Crippen molar-refractivity contribution in [2.24, 2.45) is 5.73 Å². The number of nitrogens with two attached hydrogens (primary N) is 1. The quantitative estimate of drug-likeness (QED) is 0.870. The van der Waals surface area contributed by atoms with Crippen LogP contribution in [-0.4, -0.2) is 19.2 Å². The van der Waals surface area contributed by atoms with Crippen LogP contribution in [0.4, 0.5) is 0 Å². The summed E-state index contributed by atoms with van der Waals surface area (Å²) >= 11 is 0. The number of benzene rings is 1. The number of allylic oxidation sites excluding steroid dienone is 1. The Kier molecular flexibility index (Phi) is 4.42. The Morgan fingerprint density at radius 2 is 1.81 bits per heavy atom. The van der Waals surface area contributed by atoms with E-state index < -0.39 is 0 Å². The standard InChI is InChI=1S/C16H15N3O2/c1-20-13-6-12(7-14(8-13)21-2)16(18)15(9-17)11-4-3-5-19-10-11/h3-8,10H,18H2,1-2H3/b16-15+. The zero-order valence-corrected chi connectivity index (χ0v) is 11.8. The predicted molar refractivity (Wildman–Crippen MR) is 80.4 cm³/mol. The molecule has 0 aliphatic carbocycles. The molecule has 21 heavy (non-hydrogen) atoms. The molecule has 106 valence electrons. The van der Waals surface area contributed by atoms with Gasteiger partial charge in [0, 0.05) is 29.6 Å². The van der Waals surface area contributed by atoms with Crippen molar-refractivity contribution in [3.63, 3.8) is 0 Å². The molecule has 5 heteroatoms. The Morgan fingerprint density at radius 1 is 1.14 bits per heavy atom. The minimum absolute atomic E-state index is 0.350. The number of nitriles is 1. The van der Waals surface area contributed by atoms with Crippen molar-refractivity contribution >= 4 is 11.3 Å². The lowest BCUT2D eigenvalue weighted by molar-refractivity contribution is 0.394. The van der Waals surface area contributed by atoms with E-state index in [1.807, 2.05) is 0 Å². The van der Waals surface area contributed by atoms with Gasteiger partial charge >= 0.3 is 0 Å². The Balaban J connectivity index is 2.58. The van der Waals surface area contributed by atoms with Crippen molar-refractivity contribution in [2.75, 3.05) is 14.2 Å². The lowest BCUT2D eigenvalue weighted by Crippen LogP contribution is -2.02. The van der Waals surface area contributed by atoms with Gasteiger partial charge in [-0.2, -0.15) is 5.26 Å². The number of pyridine rings is 1. The first kappa shape index (κ1) is 14.4. The minimum Gasteiger partial charge on any atom is -0.497 e. The molecule has 0 fully saturated rings. The van der Waals surface area contributed by atoms with Crippen LogP contribution in [0.15, 0.2) is 42.7 Å². The molecular weight excluding hydrogens is 266 g/mol. The number of nitrogens with zero attached hydrogens (tertiary/aromatic N) is 2. The SMILES string of the molecule is COc1cc(OC)cc(/C(N)=C(/C#N)c2cccnc2)c1. The Morgan fingerprint density at radius 3 is 2.29 bits per heavy atom. The van der Waals surface area contributed by atoms with E-state index in [0.717, 1.165) is 0 Å². The van der Waals surface area contributed by atoms with E-state index in [1.165, 1.54) is 0 Å². The second kappa shape index (κ2) is 6.44. The van der Waals surface area contributed by atoms with E-state index in [-0.39, 0.29) is 0 Å². The van der Waals surface area contributed by atoms with Gasteiger partial charge in [0.25, 0.3) is 0 Å². The molecule has 0 radical (unpaired) electrons. The molecule has 0 unspecified atom stereocenters. The van der Waals surface area contributed by atoms with Gasteiger partial charge in [-0.05, 0) is 18.2 Å². The normalized spacial score (nSPS) is 11.3. The molecule has 0 spiro atoms. The van der Waals surface area contributed by atoms with Gasteiger partial charge in [-0.3, -0.25) is 4.98 Å². The van der Waals surface area contributed by atoms with Gasteiger partial charge in [-0.1, -0.05) is 6.07 Å². The van der Waals surface area contributed by atoms with Crippen LogP contribution in [0.2, 0.25) is 0 Å². The van der Waals surface area contributed by atoms with Crippen molar-refractivity contribution in [1.29, 1.82) is 5.26 Å². The highest BCUT2D eigenvalue weighted by Gasteiger charge is 2.11. The molecule has 2 rings (SSSR count). The number of ether oxygens (including phenoxy) is 2. The summed E-state index contributed by atoms with van der Waals surface area (Å²) in [7, 11) is 3.12. The molecule has 0 saturated carbocycles. The summed E-state index contributed by atoms with van der Waals surface area (Å²) in [6, 6.07) is 10.9. The maximum atomic E-state index is 9.39. The van der Waals surface area contributed by atoms with Crippen molar-refractivity contribution in [3.05, 3.63) is 53.9 Å². The lowest BCUT2D eigenvalue weighted by Gasteiger charge is -2.10. The van der Waals surface area contributed by atoms with Crippen LogP contribution in [0.25, 0.3) is 11.3 Å². The van der Waals surface area contributed by atoms with Gasteiger partial charge in [-0.25, -0.2) is 0 Å². The Labute approximate surface area is 123 Å². The molecule has 0 aliphatic rings. The first-order chi connectivity index (χ1) is 10.2. The highest BCUT2D eigenvalue weighted by molar-refractivity contribution is 5.96. The van der Waals surface area contributed by atoms with Crippen molar-refractivity contribution in [1.82, 2.24) is 4.98 Å². The summed E-state index contributed by atoms with van der Waals surface area (Å²) in [6.07, 6.45) is 3.24. The van der Waals surface area contributed by atoms with Crippen LogP contribution >= 0.6 is 0 Å². The summed E-state index contributed by atoms with van der Waals surface area (Å²) in [4.78, 5) is 4.01. The molecule has 0 saturated heterocycles. The maximum Gasteiger partial charge on any atom is 0.123 e. The average Bonchev–Trinajstić information content (AvgIpc) is 2.55. The van der Waals surface area contributed by atoms with Crippen molar-refractivity contribution in [3.8, 4) is 17.6 Å². The van der Waals surface area contributed by atoms with Gasteiger partial charge in [-0.15, -0.1) is 0 Å². The molecule has 0 amide bonds. The second-order valence-electron chi connectivity index (χ2n) is 4.24. The zero-order valence-electron chi connectivity index (χ0n) is 11.8. The average molecular weight is 281 g/mol. The van der Waals surface area contributed by atoms with E-state index >= 15 is 0 Å². The maximum absolute atomic E-state index is 9.39. The monoisotopic (exact) mass is 281 g/mol. The fourth-order valence-electron chi connectivity index (χ4n) is 1.90. The van der Waals surface area contributed by atoms with Crippen LogP contribution < -0.4 is 15.2 Å². The van der Waals surface area contributed by atoms with E-state index in [4.69, 9.17) is 15.2 Å². The lowest BCUT2D eigenvalue weighted by atomic mass is 10.0. The summed E-state index contributed by atoms with van der Waals surface area (Å²) < 4.78 is 10.4. The Hall–Kier alpha value is -3.00. The first-order valence-corrected chi connectivity index (χ1v) is 6.23. The summed E-state index contributed by atoms with van der Waals surface area (Å²) in [6.45, 7) is 0. The third kappa shape index (κ3) is 3.12. The second-order valence-corrected chi connectivity index (χ2v) is 4.24. The summed E-state index contributed by atoms with van der Waals surface area (Å²) in [5.74, 6) is 1.21. The topological polar surface area (TPSA) is 81.2 Å². The molecule has 2 N–H and O–H groups in total. The largest absolute Gasteiger partial charge is 0.497 e. The number of aromatic nitrogens is 1. The number of hydrogen-bond acceptors (Lipinski definition) is 5. The van der Waals surface area contributed by atoms with Crippen LogP contribution in [0.5, 0.6) is 11.5 Å². The fourth-order valence-corrected chi connectivity index (χ4v) is 1.90. The molecule has 1 aromatic carbocycles. The molecule has 0 bridgehead atoms. The summed E-state index contributed by atoms with van der Waals surface area (Å²) in [5.41, 5.74) is 8.18. The number of methoxy groups -OCH3 is 2. The van der Waals surface area contributed by atoms with E-state index in [1.54, 1.807) is 56.9 Å². The van der Waals surface area contributed by atoms with E-state index in [2.05, 4.69) is 11.1 Å². The first-order valence-electron chi connectivity index (χ1n) is 6.23. The van der Waals surface area contributed by atoms with Gasteiger partial charge < -0.3 is 15.2 Å². The third-order valence-corrected chi connectivity index (χ3v) is 2.99. The van der Waals surface area contributed by atoms with Gasteiger partial charge in [0.05, 0.1) is 25.5 Å². The molecule has 2 aromatic rings. The highest BCUT2D eigenvalue weighted by atomic mass is 16.5. The zero-order chi connectivity index (χ0) is 15.2.